The van der Waals surface area contributed by atoms with Crippen molar-refractivity contribution in [2.45, 2.75) is 57.3 Å². The summed E-state index contributed by atoms with van der Waals surface area (Å²) < 4.78 is 24.9. The van der Waals surface area contributed by atoms with Gasteiger partial charge in [-0.25, -0.2) is 14.4 Å². The van der Waals surface area contributed by atoms with Crippen LogP contribution in [0.4, 0.5) is 10.2 Å². The zero-order valence-electron chi connectivity index (χ0n) is 20.5. The predicted molar refractivity (Wildman–Crippen MR) is 130 cm³/mol. The first-order valence-corrected chi connectivity index (χ1v) is 12.5. The van der Waals surface area contributed by atoms with Crippen molar-refractivity contribution in [2.75, 3.05) is 44.9 Å². The van der Waals surface area contributed by atoms with E-state index in [1.807, 2.05) is 17.9 Å². The Morgan fingerprint density at radius 3 is 2.80 bits per heavy atom. The fourth-order valence-electron chi connectivity index (χ4n) is 5.52. The van der Waals surface area contributed by atoms with Crippen molar-refractivity contribution in [3.63, 3.8) is 0 Å². The Labute approximate surface area is 205 Å². The first-order chi connectivity index (χ1) is 17.0. The molecule has 1 amide bonds. The predicted octanol–water partition coefficient (Wildman–Crippen LogP) is 2.48. The van der Waals surface area contributed by atoms with E-state index in [9.17, 15) is 9.18 Å². The molecule has 2 aromatic rings. The Hall–Kier alpha value is -2.62. The molecule has 1 aromatic carbocycles. The van der Waals surface area contributed by atoms with Crippen molar-refractivity contribution in [1.29, 1.82) is 0 Å². The number of carbonyl (C=O) groups is 1. The van der Waals surface area contributed by atoms with Gasteiger partial charge in [0.05, 0.1) is 12.7 Å². The molecular weight excluding hydrogens is 449 g/mol. The second kappa shape index (κ2) is 10.6. The Morgan fingerprint density at radius 1 is 1.17 bits per heavy atom. The molecule has 3 aliphatic rings. The molecule has 2 saturated heterocycles. The lowest BCUT2D eigenvalue weighted by Crippen LogP contribution is -2.54. The second-order valence-electron chi connectivity index (χ2n) is 9.73. The largest absolute Gasteiger partial charge is 0.379 e. The third kappa shape index (κ3) is 5.17. The minimum absolute atomic E-state index is 0.0473. The molecule has 9 heteroatoms. The van der Waals surface area contributed by atoms with E-state index < -0.39 is 0 Å². The van der Waals surface area contributed by atoms with Crippen LogP contribution in [0.3, 0.4) is 0 Å². The van der Waals surface area contributed by atoms with Crippen LogP contribution < -0.4 is 10.2 Å². The van der Waals surface area contributed by atoms with E-state index in [0.29, 0.717) is 38.0 Å². The molecule has 0 radical (unpaired) electrons. The molecule has 0 bridgehead atoms. The molecule has 0 saturated carbocycles. The molecule has 2 unspecified atom stereocenters. The number of fused-ring (bicyclic) bond motifs is 1. The van der Waals surface area contributed by atoms with E-state index in [1.165, 1.54) is 18.0 Å². The van der Waals surface area contributed by atoms with Gasteiger partial charge in [0.25, 0.3) is 5.91 Å². The lowest BCUT2D eigenvalue weighted by atomic mass is 9.98. The monoisotopic (exact) mass is 483 g/mol. The van der Waals surface area contributed by atoms with Crippen molar-refractivity contribution in [3.05, 3.63) is 52.7 Å². The summed E-state index contributed by atoms with van der Waals surface area (Å²) in [6, 6.07) is 5.61. The van der Waals surface area contributed by atoms with Crippen LogP contribution >= 0.6 is 0 Å². The smallest absolute Gasteiger partial charge is 0.272 e. The molecule has 0 spiro atoms. The van der Waals surface area contributed by atoms with Gasteiger partial charge in [-0.2, -0.15) is 0 Å². The summed E-state index contributed by atoms with van der Waals surface area (Å²) in [5.41, 5.74) is 3.37. The standard InChI is InChI=1S/C26H34FN5O3/c1-17-24(28-16-29-25(17)32-9-5-18-3-4-20(27)13-19(18)14-32)26(33)31-10-6-21(7-11-31)30-22-8-12-35-15-23(22)34-2/h3-4,13,16,21-23,30H,5-12,14-15H2,1-2H3. The highest BCUT2D eigenvalue weighted by Gasteiger charge is 2.31. The number of ether oxygens (including phenoxy) is 2. The number of nitrogens with one attached hydrogen (secondary N) is 1. The van der Waals surface area contributed by atoms with Crippen LogP contribution in [0, 0.1) is 12.7 Å². The normalized spacial score (nSPS) is 23.3. The van der Waals surface area contributed by atoms with Crippen LogP contribution in [-0.4, -0.2) is 78.9 Å². The highest BCUT2D eigenvalue weighted by atomic mass is 19.1. The summed E-state index contributed by atoms with van der Waals surface area (Å²) >= 11 is 0. The second-order valence-corrected chi connectivity index (χ2v) is 9.73. The van der Waals surface area contributed by atoms with Gasteiger partial charge in [0, 0.05) is 57.5 Å². The Kier molecular flexibility index (Phi) is 7.27. The number of amides is 1. The average Bonchev–Trinajstić information content (AvgIpc) is 2.89. The minimum Gasteiger partial charge on any atom is -0.379 e. The number of anilines is 1. The van der Waals surface area contributed by atoms with Crippen LogP contribution in [-0.2, 0) is 22.4 Å². The number of likely N-dealkylation sites (tertiary alicyclic amines) is 1. The van der Waals surface area contributed by atoms with Gasteiger partial charge >= 0.3 is 0 Å². The quantitative estimate of drug-likeness (QED) is 0.700. The number of aromatic nitrogens is 2. The van der Waals surface area contributed by atoms with E-state index in [4.69, 9.17) is 9.47 Å². The number of piperidine rings is 1. The van der Waals surface area contributed by atoms with Crippen molar-refractivity contribution in [1.82, 2.24) is 20.2 Å². The van der Waals surface area contributed by atoms with E-state index in [0.717, 1.165) is 55.8 Å². The molecule has 3 aliphatic heterocycles. The highest BCUT2D eigenvalue weighted by Crippen LogP contribution is 2.28. The molecule has 8 nitrogen and oxygen atoms in total. The van der Waals surface area contributed by atoms with Crippen LogP contribution in [0.5, 0.6) is 0 Å². The van der Waals surface area contributed by atoms with Crippen molar-refractivity contribution < 1.29 is 18.7 Å². The van der Waals surface area contributed by atoms with Gasteiger partial charge in [-0.1, -0.05) is 6.07 Å². The lowest BCUT2D eigenvalue weighted by molar-refractivity contribution is -0.0533. The zero-order valence-corrected chi connectivity index (χ0v) is 20.5. The number of benzene rings is 1. The van der Waals surface area contributed by atoms with Crippen molar-refractivity contribution >= 4 is 11.7 Å². The van der Waals surface area contributed by atoms with Gasteiger partial charge in [0.1, 0.15) is 23.7 Å². The van der Waals surface area contributed by atoms with Gasteiger partial charge < -0.3 is 24.6 Å². The first-order valence-electron chi connectivity index (χ1n) is 12.5. The molecule has 35 heavy (non-hydrogen) atoms. The summed E-state index contributed by atoms with van der Waals surface area (Å²) in [6.45, 7) is 6.01. The summed E-state index contributed by atoms with van der Waals surface area (Å²) in [5, 5.41) is 3.73. The SMILES string of the molecule is COC1COCCC1NC1CCN(C(=O)c2ncnc(N3CCc4ccc(F)cc4C3)c2C)CC1. The molecule has 0 aliphatic carbocycles. The fourth-order valence-corrected chi connectivity index (χ4v) is 5.52. The number of hydrogen-bond donors (Lipinski definition) is 1. The van der Waals surface area contributed by atoms with E-state index >= 15 is 0 Å². The Balaban J connectivity index is 1.23. The third-order valence-electron chi connectivity index (χ3n) is 7.58. The Morgan fingerprint density at radius 2 is 2.00 bits per heavy atom. The third-order valence-corrected chi connectivity index (χ3v) is 7.58. The molecule has 2 fully saturated rings. The minimum atomic E-state index is -0.228. The van der Waals surface area contributed by atoms with E-state index in [2.05, 4.69) is 20.2 Å². The van der Waals surface area contributed by atoms with Gasteiger partial charge in [-0.05, 0) is 55.9 Å². The van der Waals surface area contributed by atoms with Gasteiger partial charge in [0.15, 0.2) is 0 Å². The van der Waals surface area contributed by atoms with Crippen LogP contribution in [0.2, 0.25) is 0 Å². The summed E-state index contributed by atoms with van der Waals surface area (Å²) in [6.07, 6.45) is 5.09. The maximum absolute atomic E-state index is 13.8. The average molecular weight is 484 g/mol. The van der Waals surface area contributed by atoms with E-state index in [1.54, 1.807) is 13.2 Å². The lowest BCUT2D eigenvalue weighted by Gasteiger charge is -2.38. The van der Waals surface area contributed by atoms with Crippen molar-refractivity contribution in [3.8, 4) is 0 Å². The maximum Gasteiger partial charge on any atom is 0.272 e. The maximum atomic E-state index is 13.8. The van der Waals surface area contributed by atoms with Crippen LogP contribution in [0.1, 0.15) is 46.4 Å². The topological polar surface area (TPSA) is 79.8 Å². The number of hydrogen-bond acceptors (Lipinski definition) is 7. The summed E-state index contributed by atoms with van der Waals surface area (Å²) in [4.78, 5) is 26.3. The van der Waals surface area contributed by atoms with Gasteiger partial charge in [-0.3, -0.25) is 4.79 Å². The number of rotatable bonds is 5. The number of methoxy groups -OCH3 is 1. The highest BCUT2D eigenvalue weighted by molar-refractivity contribution is 5.94. The molecule has 4 heterocycles. The number of nitrogens with zero attached hydrogens (tertiary/aromatic N) is 4. The first kappa shape index (κ1) is 24.1. The number of halogens is 1. The zero-order chi connectivity index (χ0) is 24.4. The summed E-state index contributed by atoms with van der Waals surface area (Å²) in [5.74, 6) is 0.474. The molecule has 5 rings (SSSR count). The van der Waals surface area contributed by atoms with Gasteiger partial charge in [0.2, 0.25) is 0 Å². The van der Waals surface area contributed by atoms with E-state index in [-0.39, 0.29) is 23.9 Å². The van der Waals surface area contributed by atoms with Crippen LogP contribution in [0.15, 0.2) is 24.5 Å². The number of carbonyl (C=O) groups excluding carboxylic acids is 1. The van der Waals surface area contributed by atoms with Crippen LogP contribution in [0.25, 0.3) is 0 Å². The van der Waals surface area contributed by atoms with Gasteiger partial charge in [-0.15, -0.1) is 0 Å². The molecule has 1 N–H and O–H groups in total. The summed E-state index contributed by atoms with van der Waals surface area (Å²) in [7, 11) is 1.73. The molecule has 1 aromatic heterocycles. The fraction of sp³-hybridized carbons (Fsp3) is 0.577. The van der Waals surface area contributed by atoms with Crippen molar-refractivity contribution in [2.24, 2.45) is 0 Å². The molecule has 2 atom stereocenters. The Bertz CT molecular complexity index is 1060. The molecule has 188 valence electrons. The molecular formula is C26H34FN5O3.